The van der Waals surface area contributed by atoms with E-state index in [2.05, 4.69) is 15.6 Å². The molecule has 5 nitrogen and oxygen atoms in total. The monoisotopic (exact) mass is 303 g/mol. The normalized spacial score (nSPS) is 13.0. The highest BCUT2D eigenvalue weighted by atomic mass is 32.1. The van der Waals surface area contributed by atoms with Crippen molar-refractivity contribution in [2.24, 2.45) is 0 Å². The first-order valence-electron chi connectivity index (χ1n) is 6.96. The molecular formula is C15H17N3O2S. The molecule has 1 amide bonds. The van der Waals surface area contributed by atoms with Gasteiger partial charge in [0.05, 0.1) is 12.2 Å². The number of benzene rings is 1. The van der Waals surface area contributed by atoms with Gasteiger partial charge in [-0.3, -0.25) is 4.79 Å². The number of carbonyl (C=O) groups excluding carboxylic acids is 1. The van der Waals surface area contributed by atoms with E-state index in [1.165, 1.54) is 17.0 Å². The van der Waals surface area contributed by atoms with Crippen LogP contribution in [0.25, 0.3) is 0 Å². The summed E-state index contributed by atoms with van der Waals surface area (Å²) < 4.78 is 0. The van der Waals surface area contributed by atoms with E-state index in [0.29, 0.717) is 12.2 Å². The van der Waals surface area contributed by atoms with Crippen LogP contribution >= 0.6 is 11.3 Å². The largest absolute Gasteiger partial charge is 0.387 e. The molecule has 2 aromatic rings. The summed E-state index contributed by atoms with van der Waals surface area (Å²) in [4.78, 5) is 17.2. The summed E-state index contributed by atoms with van der Waals surface area (Å²) in [6, 6.07) is 7.43. The maximum absolute atomic E-state index is 11.2. The number of aryl methyl sites for hydroxylation is 2. The molecule has 21 heavy (non-hydrogen) atoms. The lowest BCUT2D eigenvalue weighted by Crippen LogP contribution is -2.15. The Balaban J connectivity index is 1.61. The van der Waals surface area contributed by atoms with Crippen LogP contribution in [0.2, 0.25) is 0 Å². The van der Waals surface area contributed by atoms with E-state index in [-0.39, 0.29) is 0 Å². The van der Waals surface area contributed by atoms with Crippen LogP contribution in [-0.4, -0.2) is 22.6 Å². The maximum Gasteiger partial charge on any atom is 0.250 e. The number of aromatic nitrogens is 1. The van der Waals surface area contributed by atoms with Gasteiger partial charge in [0.2, 0.25) is 5.91 Å². The SMILES string of the molecule is O=C(CO)Nc1cccc(NCc2nc3c(s2)CCC3)c1. The number of thiazole rings is 1. The van der Waals surface area contributed by atoms with E-state index in [1.807, 2.05) is 18.2 Å². The minimum absolute atomic E-state index is 0.413. The second-order valence-electron chi connectivity index (χ2n) is 4.97. The molecule has 1 aromatic carbocycles. The van der Waals surface area contributed by atoms with Crippen molar-refractivity contribution >= 4 is 28.6 Å². The molecule has 1 aliphatic carbocycles. The highest BCUT2D eigenvalue weighted by Gasteiger charge is 2.16. The molecule has 1 heterocycles. The molecule has 0 saturated heterocycles. The Labute approximate surface area is 127 Å². The molecule has 3 rings (SSSR count). The Morgan fingerprint density at radius 1 is 1.33 bits per heavy atom. The minimum Gasteiger partial charge on any atom is -0.387 e. The van der Waals surface area contributed by atoms with Crippen molar-refractivity contribution < 1.29 is 9.90 Å². The molecule has 0 aliphatic heterocycles. The third-order valence-corrected chi connectivity index (χ3v) is 4.53. The van der Waals surface area contributed by atoms with Crippen molar-refractivity contribution in [3.05, 3.63) is 39.8 Å². The minimum atomic E-state index is -0.512. The van der Waals surface area contributed by atoms with Crippen molar-refractivity contribution in [1.29, 1.82) is 0 Å². The number of fused-ring (bicyclic) bond motifs is 1. The molecule has 1 aliphatic rings. The maximum atomic E-state index is 11.2. The fourth-order valence-electron chi connectivity index (χ4n) is 2.40. The molecule has 0 unspecified atom stereocenters. The van der Waals surface area contributed by atoms with Gasteiger partial charge >= 0.3 is 0 Å². The Bertz CT molecular complexity index is 633. The van der Waals surface area contributed by atoms with E-state index >= 15 is 0 Å². The number of hydrogen-bond donors (Lipinski definition) is 3. The summed E-state index contributed by atoms with van der Waals surface area (Å²) in [5, 5.41) is 15.8. The zero-order valence-corrected chi connectivity index (χ0v) is 12.4. The van der Waals surface area contributed by atoms with Gasteiger partial charge in [-0.05, 0) is 37.5 Å². The number of nitrogens with one attached hydrogen (secondary N) is 2. The molecule has 6 heteroatoms. The molecule has 0 fully saturated rings. The lowest BCUT2D eigenvalue weighted by Gasteiger charge is -2.08. The van der Waals surface area contributed by atoms with Gasteiger partial charge in [-0.1, -0.05) is 6.07 Å². The van der Waals surface area contributed by atoms with Crippen molar-refractivity contribution in [1.82, 2.24) is 4.98 Å². The molecule has 0 spiro atoms. The van der Waals surface area contributed by atoms with Gasteiger partial charge in [-0.2, -0.15) is 0 Å². The van der Waals surface area contributed by atoms with Gasteiger partial charge in [0, 0.05) is 16.3 Å². The van der Waals surface area contributed by atoms with Gasteiger partial charge in [0.25, 0.3) is 0 Å². The van der Waals surface area contributed by atoms with E-state index < -0.39 is 12.5 Å². The number of aliphatic hydroxyl groups excluding tert-OH is 1. The predicted molar refractivity (Wildman–Crippen MR) is 83.6 cm³/mol. The van der Waals surface area contributed by atoms with Crippen LogP contribution < -0.4 is 10.6 Å². The standard InChI is InChI=1S/C15H17N3O2S/c19-9-14(20)17-11-4-1-3-10(7-11)16-8-15-18-12-5-2-6-13(12)21-15/h1,3-4,7,16,19H,2,5-6,8-9H2,(H,17,20). The number of aliphatic hydroxyl groups is 1. The number of carbonyl (C=O) groups is 1. The molecule has 0 saturated carbocycles. The molecular weight excluding hydrogens is 286 g/mol. The van der Waals surface area contributed by atoms with Gasteiger partial charge in [0.1, 0.15) is 11.6 Å². The Morgan fingerprint density at radius 2 is 2.19 bits per heavy atom. The predicted octanol–water partition coefficient (Wildman–Crippen LogP) is 2.17. The number of rotatable bonds is 5. The fourth-order valence-corrected chi connectivity index (χ4v) is 3.50. The summed E-state index contributed by atoms with van der Waals surface area (Å²) in [6.45, 7) is 0.178. The van der Waals surface area contributed by atoms with Gasteiger partial charge in [0.15, 0.2) is 0 Å². The smallest absolute Gasteiger partial charge is 0.250 e. The number of hydrogen-bond acceptors (Lipinski definition) is 5. The average Bonchev–Trinajstić information content (AvgIpc) is 3.06. The fraction of sp³-hybridized carbons (Fsp3) is 0.333. The summed E-state index contributed by atoms with van der Waals surface area (Å²) in [5.74, 6) is -0.413. The second kappa shape index (κ2) is 6.24. The van der Waals surface area contributed by atoms with Crippen molar-refractivity contribution in [3.8, 4) is 0 Å². The first-order chi connectivity index (χ1) is 10.2. The van der Waals surface area contributed by atoms with Crippen LogP contribution in [0.3, 0.4) is 0 Å². The zero-order chi connectivity index (χ0) is 14.7. The van der Waals surface area contributed by atoms with Gasteiger partial charge in [-0.25, -0.2) is 4.98 Å². The summed E-state index contributed by atoms with van der Waals surface area (Å²) in [7, 11) is 0. The number of nitrogens with zero attached hydrogens (tertiary/aromatic N) is 1. The first-order valence-corrected chi connectivity index (χ1v) is 7.78. The van der Waals surface area contributed by atoms with Crippen LogP contribution in [0.5, 0.6) is 0 Å². The van der Waals surface area contributed by atoms with Gasteiger partial charge < -0.3 is 15.7 Å². The van der Waals surface area contributed by atoms with Crippen molar-refractivity contribution in [2.75, 3.05) is 17.2 Å². The summed E-state index contributed by atoms with van der Waals surface area (Å²) in [5.41, 5.74) is 2.85. The first kappa shape index (κ1) is 14.0. The third-order valence-electron chi connectivity index (χ3n) is 3.37. The van der Waals surface area contributed by atoms with Crippen LogP contribution in [0.4, 0.5) is 11.4 Å². The highest BCUT2D eigenvalue weighted by Crippen LogP contribution is 2.28. The number of anilines is 2. The lowest BCUT2D eigenvalue weighted by atomic mass is 10.2. The Kier molecular flexibility index (Phi) is 4.17. The molecule has 0 bridgehead atoms. The summed E-state index contributed by atoms with van der Waals surface area (Å²) >= 11 is 1.78. The average molecular weight is 303 g/mol. The summed E-state index contributed by atoms with van der Waals surface area (Å²) in [6.07, 6.45) is 3.50. The van der Waals surface area contributed by atoms with Crippen molar-refractivity contribution in [3.63, 3.8) is 0 Å². The van der Waals surface area contributed by atoms with Crippen molar-refractivity contribution in [2.45, 2.75) is 25.8 Å². The highest BCUT2D eigenvalue weighted by molar-refractivity contribution is 7.11. The zero-order valence-electron chi connectivity index (χ0n) is 11.6. The van der Waals surface area contributed by atoms with Gasteiger partial charge in [-0.15, -0.1) is 11.3 Å². The Morgan fingerprint density at radius 3 is 3.00 bits per heavy atom. The topological polar surface area (TPSA) is 74.2 Å². The van der Waals surface area contributed by atoms with Crippen LogP contribution in [0, 0.1) is 0 Å². The third kappa shape index (κ3) is 3.40. The van der Waals surface area contributed by atoms with Crippen LogP contribution in [0.1, 0.15) is 22.0 Å². The quantitative estimate of drug-likeness (QED) is 0.791. The van der Waals surface area contributed by atoms with Crippen LogP contribution in [0.15, 0.2) is 24.3 Å². The van der Waals surface area contributed by atoms with E-state index in [0.717, 1.165) is 23.5 Å². The molecule has 0 radical (unpaired) electrons. The second-order valence-corrected chi connectivity index (χ2v) is 6.14. The number of amides is 1. The van der Waals surface area contributed by atoms with Crippen LogP contribution in [-0.2, 0) is 24.2 Å². The van der Waals surface area contributed by atoms with E-state index in [4.69, 9.17) is 5.11 Å². The Hall–Kier alpha value is -1.92. The molecule has 3 N–H and O–H groups in total. The molecule has 110 valence electrons. The van der Waals surface area contributed by atoms with E-state index in [1.54, 1.807) is 17.4 Å². The molecule has 0 atom stereocenters. The van der Waals surface area contributed by atoms with E-state index in [9.17, 15) is 4.79 Å². The lowest BCUT2D eigenvalue weighted by molar-refractivity contribution is -0.118. The molecule has 1 aromatic heterocycles.